The molecule has 0 spiro atoms. The second-order valence-electron chi connectivity index (χ2n) is 6.96. The summed E-state index contributed by atoms with van der Waals surface area (Å²) >= 11 is 0. The van der Waals surface area contributed by atoms with Gasteiger partial charge in [-0.25, -0.2) is 4.79 Å². The van der Waals surface area contributed by atoms with Crippen LogP contribution in [-0.4, -0.2) is 33.0 Å². The van der Waals surface area contributed by atoms with Crippen molar-refractivity contribution in [3.63, 3.8) is 0 Å². The predicted molar refractivity (Wildman–Crippen MR) is 111 cm³/mol. The van der Waals surface area contributed by atoms with E-state index in [1.807, 2.05) is 26.2 Å². The van der Waals surface area contributed by atoms with Crippen molar-refractivity contribution in [1.82, 2.24) is 14.9 Å². The maximum absolute atomic E-state index is 12.4. The molecular weight excluding hydrogens is 398 g/mol. The maximum atomic E-state index is 12.4. The summed E-state index contributed by atoms with van der Waals surface area (Å²) < 4.78 is 6.64. The number of ether oxygens (including phenoxy) is 1. The average Bonchev–Trinajstić information content (AvgIpc) is 2.84. The van der Waals surface area contributed by atoms with Crippen LogP contribution in [0.25, 0.3) is 22.2 Å². The van der Waals surface area contributed by atoms with Gasteiger partial charge in [-0.15, -0.1) is 12.4 Å². The van der Waals surface area contributed by atoms with Gasteiger partial charge in [0.05, 0.1) is 5.69 Å². The van der Waals surface area contributed by atoms with E-state index in [1.165, 1.54) is 0 Å². The molecule has 1 aromatic carbocycles. The van der Waals surface area contributed by atoms with Gasteiger partial charge in [0.2, 0.25) is 5.75 Å². The molecular formula is C20H22ClN3O5. The van der Waals surface area contributed by atoms with E-state index in [-0.39, 0.29) is 12.4 Å². The molecule has 3 aromatic rings. The number of aromatic hydroxyl groups is 1. The summed E-state index contributed by atoms with van der Waals surface area (Å²) in [5.74, 6) is -0.982. The molecule has 4 rings (SSSR count). The van der Waals surface area contributed by atoms with Gasteiger partial charge in [0.25, 0.3) is 5.56 Å². The van der Waals surface area contributed by atoms with Gasteiger partial charge in [-0.1, -0.05) is 6.07 Å². The van der Waals surface area contributed by atoms with Gasteiger partial charge < -0.3 is 29.8 Å². The molecule has 0 saturated heterocycles. The van der Waals surface area contributed by atoms with Crippen molar-refractivity contribution in [1.29, 1.82) is 0 Å². The van der Waals surface area contributed by atoms with E-state index in [0.717, 1.165) is 47.1 Å². The van der Waals surface area contributed by atoms with Crippen LogP contribution in [0.3, 0.4) is 0 Å². The van der Waals surface area contributed by atoms with Crippen LogP contribution in [0.5, 0.6) is 11.5 Å². The molecule has 0 unspecified atom stereocenters. The predicted octanol–water partition coefficient (Wildman–Crippen LogP) is 2.93. The number of nitrogens with zero attached hydrogens (tertiary/aromatic N) is 1. The first kappa shape index (κ1) is 20.8. The molecule has 2 aromatic heterocycles. The van der Waals surface area contributed by atoms with Gasteiger partial charge in [-0.05, 0) is 44.0 Å². The Morgan fingerprint density at radius 1 is 1.31 bits per heavy atom. The number of carbonyl (C=O) groups is 1. The Balaban J connectivity index is 0.00000240. The number of aryl methyl sites for hydroxylation is 2. The molecule has 0 radical (unpaired) electrons. The molecule has 9 heteroatoms. The van der Waals surface area contributed by atoms with E-state index in [2.05, 4.69) is 25.7 Å². The summed E-state index contributed by atoms with van der Waals surface area (Å²) in [7, 11) is 3.92. The van der Waals surface area contributed by atoms with E-state index < -0.39 is 23.2 Å². The van der Waals surface area contributed by atoms with Crippen molar-refractivity contribution in [2.45, 2.75) is 25.8 Å². The number of H-pyrrole nitrogens is 1. The molecule has 1 aliphatic carbocycles. The number of pyridine rings is 1. The maximum Gasteiger partial charge on any atom is 0.511 e. The third kappa shape index (κ3) is 3.34. The monoisotopic (exact) mass is 419 g/mol. The summed E-state index contributed by atoms with van der Waals surface area (Å²) in [5.41, 5.74) is 4.46. The van der Waals surface area contributed by atoms with Crippen molar-refractivity contribution < 1.29 is 19.7 Å². The van der Waals surface area contributed by atoms with Gasteiger partial charge in [0.15, 0.2) is 5.75 Å². The number of aromatic amines is 1. The number of carboxylic acid groups (broad SMARTS) is 1. The van der Waals surface area contributed by atoms with Crippen LogP contribution in [0.15, 0.2) is 23.0 Å². The van der Waals surface area contributed by atoms with Crippen LogP contribution in [0.2, 0.25) is 0 Å². The smallest absolute Gasteiger partial charge is 0.504 e. The lowest BCUT2D eigenvalue weighted by molar-refractivity contribution is 0.142. The summed E-state index contributed by atoms with van der Waals surface area (Å²) in [5, 5.41) is 23.6. The molecule has 8 nitrogen and oxygen atoms in total. The molecule has 0 saturated carbocycles. The first-order chi connectivity index (χ1) is 13.4. The first-order valence-corrected chi connectivity index (χ1v) is 9.06. The van der Waals surface area contributed by atoms with Crippen molar-refractivity contribution in [3.8, 4) is 22.8 Å². The molecule has 0 atom stereocenters. The number of aromatic nitrogens is 2. The van der Waals surface area contributed by atoms with Gasteiger partial charge in [0.1, 0.15) is 0 Å². The minimum Gasteiger partial charge on any atom is -0.504 e. The van der Waals surface area contributed by atoms with Crippen molar-refractivity contribution >= 4 is 29.5 Å². The third-order valence-electron chi connectivity index (χ3n) is 5.35. The zero-order chi connectivity index (χ0) is 20.0. The van der Waals surface area contributed by atoms with Crippen molar-refractivity contribution in [2.24, 2.45) is 7.05 Å². The minimum atomic E-state index is -1.64. The van der Waals surface area contributed by atoms with Crippen LogP contribution in [-0.2, 0) is 26.4 Å². The Morgan fingerprint density at radius 2 is 2.03 bits per heavy atom. The number of hydrogen-bond acceptors (Lipinski definition) is 5. The van der Waals surface area contributed by atoms with Gasteiger partial charge in [-0.3, -0.25) is 4.79 Å². The van der Waals surface area contributed by atoms with Crippen LogP contribution < -0.4 is 15.6 Å². The highest BCUT2D eigenvalue weighted by Gasteiger charge is 2.25. The molecule has 4 N–H and O–H groups in total. The molecule has 0 fully saturated rings. The van der Waals surface area contributed by atoms with Crippen LogP contribution in [0.1, 0.15) is 23.2 Å². The molecule has 1 aliphatic rings. The second-order valence-corrected chi connectivity index (χ2v) is 6.96. The molecule has 0 aliphatic heterocycles. The number of nitrogens with one attached hydrogen (secondary N) is 2. The van der Waals surface area contributed by atoms with E-state index in [9.17, 15) is 14.7 Å². The van der Waals surface area contributed by atoms with Gasteiger partial charge in [-0.2, -0.15) is 0 Å². The van der Waals surface area contributed by atoms with E-state index in [4.69, 9.17) is 5.11 Å². The highest BCUT2D eigenvalue weighted by Crippen LogP contribution is 2.40. The zero-order valence-electron chi connectivity index (χ0n) is 16.0. The average molecular weight is 420 g/mol. The lowest BCUT2D eigenvalue weighted by atomic mass is 9.97. The number of benzene rings is 1. The highest BCUT2D eigenvalue weighted by molar-refractivity contribution is 5.92. The number of rotatable bonds is 3. The summed E-state index contributed by atoms with van der Waals surface area (Å²) in [4.78, 5) is 25.9. The Kier molecular flexibility index (Phi) is 5.59. The lowest BCUT2D eigenvalue weighted by Gasteiger charge is -2.13. The second kappa shape index (κ2) is 7.81. The highest BCUT2D eigenvalue weighted by atomic mass is 35.5. The fourth-order valence-corrected chi connectivity index (χ4v) is 4.08. The summed E-state index contributed by atoms with van der Waals surface area (Å²) in [6, 6.07) is 6.09. The Hall–Kier alpha value is -2.97. The van der Waals surface area contributed by atoms with Crippen LogP contribution >= 0.6 is 12.4 Å². The molecule has 154 valence electrons. The van der Waals surface area contributed by atoms with Gasteiger partial charge in [0, 0.05) is 41.3 Å². The number of fused-ring (bicyclic) bond motifs is 5. The number of hydrogen-bond donors (Lipinski definition) is 4. The Bertz CT molecular complexity index is 1170. The normalized spacial score (nSPS) is 12.6. The largest absolute Gasteiger partial charge is 0.511 e. The van der Waals surface area contributed by atoms with Crippen LogP contribution in [0, 0.1) is 0 Å². The number of halogens is 1. The fourth-order valence-electron chi connectivity index (χ4n) is 4.08. The SMILES string of the molecule is CNCc1cc2c3c(ccc2n1C)-c1[nH]c(=O)c(OC(=O)O)c(O)c1CCC3.Cl. The van der Waals surface area contributed by atoms with E-state index in [1.54, 1.807) is 0 Å². The summed E-state index contributed by atoms with van der Waals surface area (Å²) in [6.07, 6.45) is 0.390. The minimum absolute atomic E-state index is 0. The lowest BCUT2D eigenvalue weighted by Crippen LogP contribution is -2.17. The first-order valence-electron chi connectivity index (χ1n) is 9.06. The molecule has 29 heavy (non-hydrogen) atoms. The van der Waals surface area contributed by atoms with E-state index >= 15 is 0 Å². The molecule has 0 bridgehead atoms. The molecule has 2 heterocycles. The van der Waals surface area contributed by atoms with Crippen molar-refractivity contribution in [3.05, 3.63) is 45.4 Å². The Labute approximate surface area is 172 Å². The molecule has 0 amide bonds. The van der Waals surface area contributed by atoms with E-state index in [0.29, 0.717) is 17.7 Å². The van der Waals surface area contributed by atoms with Crippen LogP contribution in [0.4, 0.5) is 4.79 Å². The van der Waals surface area contributed by atoms with Gasteiger partial charge >= 0.3 is 6.16 Å². The third-order valence-corrected chi connectivity index (χ3v) is 5.35. The fraction of sp³-hybridized carbons (Fsp3) is 0.300. The zero-order valence-corrected chi connectivity index (χ0v) is 16.9. The van der Waals surface area contributed by atoms with Crippen molar-refractivity contribution in [2.75, 3.05) is 7.05 Å². The topological polar surface area (TPSA) is 117 Å². The quantitative estimate of drug-likeness (QED) is 0.485. The Morgan fingerprint density at radius 3 is 2.72 bits per heavy atom. The standard InChI is InChI=1S/C20H21N3O5.ClH/c1-21-9-10-8-14-11-4-3-5-13-16(12(11)6-7-15(14)23(10)2)22-19(25)18(17(13)24)28-20(26)27;/h6-8,21H,3-5,9H2,1-2H3,(H,26,27)(H2,22,24,25);1H. The summed E-state index contributed by atoms with van der Waals surface area (Å²) in [6.45, 7) is 0.740.